The molecule has 2 aliphatic rings. The Morgan fingerprint density at radius 1 is 1.15 bits per heavy atom. The van der Waals surface area contributed by atoms with Crippen LogP contribution in [0.3, 0.4) is 0 Å². The Bertz CT molecular complexity index is 732. The van der Waals surface area contributed by atoms with Gasteiger partial charge >= 0.3 is 0 Å². The number of hydrogen-bond acceptors (Lipinski definition) is 8. The number of hydrogen-bond donors (Lipinski definition) is 1. The minimum atomic E-state index is -0.101. The van der Waals surface area contributed by atoms with Gasteiger partial charge in [0, 0.05) is 18.5 Å². The van der Waals surface area contributed by atoms with E-state index in [0.717, 1.165) is 42.8 Å². The number of aromatic nitrogens is 5. The van der Waals surface area contributed by atoms with E-state index in [4.69, 9.17) is 0 Å². The van der Waals surface area contributed by atoms with Gasteiger partial charge in [-0.25, -0.2) is 9.67 Å². The molecule has 2 aliphatic heterocycles. The van der Waals surface area contributed by atoms with Gasteiger partial charge in [0.05, 0.1) is 18.8 Å². The number of tetrazole rings is 1. The first-order valence-corrected chi connectivity index (χ1v) is 10.1. The minimum absolute atomic E-state index is 0.101. The van der Waals surface area contributed by atoms with Crippen molar-refractivity contribution in [3.05, 3.63) is 16.9 Å². The van der Waals surface area contributed by atoms with E-state index in [-0.39, 0.29) is 12.5 Å². The summed E-state index contributed by atoms with van der Waals surface area (Å²) in [6.45, 7) is 5.58. The Balaban J connectivity index is 1.27. The van der Waals surface area contributed by atoms with Crippen molar-refractivity contribution in [2.75, 3.05) is 31.1 Å². The molecule has 9 nitrogen and oxygen atoms in total. The first-order chi connectivity index (χ1) is 12.8. The van der Waals surface area contributed by atoms with Crippen LogP contribution in [0.2, 0.25) is 0 Å². The molecule has 0 unspecified atom stereocenters. The van der Waals surface area contributed by atoms with E-state index in [9.17, 15) is 4.79 Å². The molecule has 4 rings (SSSR count). The monoisotopic (exact) mass is 376 g/mol. The van der Waals surface area contributed by atoms with Crippen LogP contribution in [-0.4, -0.2) is 62.2 Å². The van der Waals surface area contributed by atoms with E-state index in [1.807, 2.05) is 5.38 Å². The van der Waals surface area contributed by atoms with Crippen LogP contribution in [0.15, 0.2) is 5.38 Å². The number of anilines is 1. The molecule has 0 atom stereocenters. The molecule has 26 heavy (non-hydrogen) atoms. The second-order valence-corrected chi connectivity index (χ2v) is 7.66. The number of nitrogens with one attached hydrogen (secondary N) is 1. The number of carbonyl (C=O) groups excluding carboxylic acids is 1. The summed E-state index contributed by atoms with van der Waals surface area (Å²) in [6, 6.07) is 0. The summed E-state index contributed by atoms with van der Waals surface area (Å²) in [5.41, 5.74) is 0.902. The number of amides is 1. The third kappa shape index (κ3) is 4.18. The van der Waals surface area contributed by atoms with Crippen molar-refractivity contribution in [1.82, 2.24) is 35.4 Å². The fourth-order valence-electron chi connectivity index (χ4n) is 3.41. The van der Waals surface area contributed by atoms with Crippen LogP contribution in [0.4, 0.5) is 5.13 Å². The lowest BCUT2D eigenvalue weighted by Gasteiger charge is -2.13. The first-order valence-electron chi connectivity index (χ1n) is 9.21. The molecule has 2 fully saturated rings. The molecule has 0 bridgehead atoms. The quantitative estimate of drug-likeness (QED) is 0.758. The van der Waals surface area contributed by atoms with E-state index in [1.54, 1.807) is 16.0 Å². The Hall–Kier alpha value is -2.07. The molecule has 0 radical (unpaired) electrons. The van der Waals surface area contributed by atoms with Gasteiger partial charge in [0.2, 0.25) is 5.91 Å². The molecule has 0 saturated carbocycles. The number of rotatable bonds is 7. The second kappa shape index (κ2) is 8.09. The molecular formula is C16H24N8OS. The molecule has 0 spiro atoms. The van der Waals surface area contributed by atoms with Crippen molar-refractivity contribution in [3.63, 3.8) is 0 Å². The zero-order valence-electron chi connectivity index (χ0n) is 14.8. The highest BCUT2D eigenvalue weighted by atomic mass is 32.1. The Kier molecular flexibility index (Phi) is 5.40. The Morgan fingerprint density at radius 3 is 2.73 bits per heavy atom. The van der Waals surface area contributed by atoms with Crippen molar-refractivity contribution in [2.24, 2.45) is 0 Å². The van der Waals surface area contributed by atoms with E-state index in [0.29, 0.717) is 13.1 Å². The second-order valence-electron chi connectivity index (χ2n) is 6.83. The van der Waals surface area contributed by atoms with Crippen LogP contribution in [0.25, 0.3) is 0 Å². The van der Waals surface area contributed by atoms with Gasteiger partial charge in [-0.3, -0.25) is 9.69 Å². The Labute approximate surface area is 156 Å². The molecule has 1 N–H and O–H groups in total. The lowest BCUT2D eigenvalue weighted by Crippen LogP contribution is -2.29. The molecule has 2 aromatic rings. The fraction of sp³-hybridized carbons (Fsp3) is 0.688. The SMILES string of the molecule is O=C(Cn1nnnc1CN1CCCC1)NCc1csc(N2CCCC2)n1. The summed E-state index contributed by atoms with van der Waals surface area (Å²) in [7, 11) is 0. The van der Waals surface area contributed by atoms with Gasteiger partial charge in [0.1, 0.15) is 6.54 Å². The summed E-state index contributed by atoms with van der Waals surface area (Å²) in [5.74, 6) is 0.641. The maximum atomic E-state index is 12.3. The Morgan fingerprint density at radius 2 is 1.92 bits per heavy atom. The highest BCUT2D eigenvalue weighted by molar-refractivity contribution is 7.13. The first kappa shape index (κ1) is 17.3. The molecule has 2 aromatic heterocycles. The van der Waals surface area contributed by atoms with E-state index >= 15 is 0 Å². The molecule has 0 aliphatic carbocycles. The highest BCUT2D eigenvalue weighted by Crippen LogP contribution is 2.24. The van der Waals surface area contributed by atoms with E-state index in [2.05, 4.69) is 35.6 Å². The van der Waals surface area contributed by atoms with Crippen LogP contribution < -0.4 is 10.2 Å². The van der Waals surface area contributed by atoms with Crippen LogP contribution in [-0.2, 0) is 24.4 Å². The number of nitrogens with zero attached hydrogens (tertiary/aromatic N) is 7. The largest absolute Gasteiger partial charge is 0.349 e. The molecular weight excluding hydrogens is 352 g/mol. The zero-order chi connectivity index (χ0) is 17.8. The maximum Gasteiger partial charge on any atom is 0.242 e. The van der Waals surface area contributed by atoms with Crippen molar-refractivity contribution < 1.29 is 4.79 Å². The molecule has 0 aromatic carbocycles. The highest BCUT2D eigenvalue weighted by Gasteiger charge is 2.18. The maximum absolute atomic E-state index is 12.3. The molecule has 10 heteroatoms. The molecule has 4 heterocycles. The number of thiazole rings is 1. The third-order valence-corrected chi connectivity index (χ3v) is 5.80. The van der Waals surface area contributed by atoms with E-state index in [1.165, 1.54) is 25.7 Å². The van der Waals surface area contributed by atoms with Gasteiger partial charge < -0.3 is 10.2 Å². The van der Waals surface area contributed by atoms with Crippen LogP contribution >= 0.6 is 11.3 Å². The van der Waals surface area contributed by atoms with Crippen molar-refractivity contribution in [1.29, 1.82) is 0 Å². The van der Waals surface area contributed by atoms with E-state index < -0.39 is 0 Å². The lowest BCUT2D eigenvalue weighted by molar-refractivity contribution is -0.122. The van der Waals surface area contributed by atoms with Crippen molar-refractivity contribution >= 4 is 22.4 Å². The zero-order valence-corrected chi connectivity index (χ0v) is 15.6. The van der Waals surface area contributed by atoms with Gasteiger partial charge in [-0.1, -0.05) is 0 Å². The topological polar surface area (TPSA) is 92.1 Å². The van der Waals surface area contributed by atoms with Crippen LogP contribution in [0.1, 0.15) is 37.2 Å². The van der Waals surface area contributed by atoms with Gasteiger partial charge in [0.15, 0.2) is 11.0 Å². The smallest absolute Gasteiger partial charge is 0.242 e. The van der Waals surface area contributed by atoms with Gasteiger partial charge in [0.25, 0.3) is 0 Å². The summed E-state index contributed by atoms with van der Waals surface area (Å²) in [6.07, 6.45) is 4.90. The predicted octanol–water partition coefficient (Wildman–Crippen LogP) is 0.642. The average Bonchev–Trinajstić information content (AvgIpc) is 3.42. The standard InChI is InChI=1S/C16H24N8OS/c25-15(11-24-14(19-20-21-24)10-22-5-1-2-6-22)17-9-13-12-26-16(18-13)23-7-3-4-8-23/h12H,1-11H2,(H,17,25). The van der Waals surface area contributed by atoms with Gasteiger partial charge in [-0.05, 0) is 49.2 Å². The normalized spacial score (nSPS) is 17.9. The van der Waals surface area contributed by atoms with Crippen molar-refractivity contribution in [3.8, 4) is 0 Å². The van der Waals surface area contributed by atoms with Gasteiger partial charge in [-0.2, -0.15) is 0 Å². The van der Waals surface area contributed by atoms with Crippen molar-refractivity contribution in [2.45, 2.75) is 45.3 Å². The average molecular weight is 376 g/mol. The molecule has 1 amide bonds. The minimum Gasteiger partial charge on any atom is -0.349 e. The summed E-state index contributed by atoms with van der Waals surface area (Å²) in [5, 5.41) is 17.7. The summed E-state index contributed by atoms with van der Waals surface area (Å²) in [4.78, 5) is 21.5. The molecule has 140 valence electrons. The fourth-order valence-corrected chi connectivity index (χ4v) is 4.29. The van der Waals surface area contributed by atoms with Crippen LogP contribution in [0.5, 0.6) is 0 Å². The lowest BCUT2D eigenvalue weighted by atomic mass is 10.4. The summed E-state index contributed by atoms with van der Waals surface area (Å²) >= 11 is 1.64. The third-order valence-electron chi connectivity index (χ3n) is 4.85. The van der Waals surface area contributed by atoms with Crippen LogP contribution in [0, 0.1) is 0 Å². The summed E-state index contributed by atoms with van der Waals surface area (Å²) < 4.78 is 1.59. The predicted molar refractivity (Wildman–Crippen MR) is 97.7 cm³/mol. The molecule has 2 saturated heterocycles. The number of carbonyl (C=O) groups is 1. The van der Waals surface area contributed by atoms with Gasteiger partial charge in [-0.15, -0.1) is 16.4 Å². The number of likely N-dealkylation sites (tertiary alicyclic amines) is 1.